The first-order valence-corrected chi connectivity index (χ1v) is 11.4. The average molecular weight is 464 g/mol. The van der Waals surface area contributed by atoms with E-state index in [1.807, 2.05) is 53.4 Å². The Hall–Kier alpha value is -3.72. The number of hydrazine groups is 1. The number of nitrogens with one attached hydrogen (secondary N) is 2. The van der Waals surface area contributed by atoms with Crippen LogP contribution in [0.1, 0.15) is 29.3 Å². The summed E-state index contributed by atoms with van der Waals surface area (Å²) in [6.07, 6.45) is 1.04. The third-order valence-corrected chi connectivity index (χ3v) is 6.30. The Kier molecular flexibility index (Phi) is 6.93. The minimum atomic E-state index is -1.08. The van der Waals surface area contributed by atoms with Crippen LogP contribution in [0.15, 0.2) is 60.7 Å². The predicted molar refractivity (Wildman–Crippen MR) is 125 cm³/mol. The Morgan fingerprint density at radius 1 is 0.941 bits per heavy atom. The van der Waals surface area contributed by atoms with Crippen LogP contribution in [0.3, 0.4) is 0 Å². The Morgan fingerprint density at radius 3 is 2.21 bits per heavy atom. The lowest BCUT2D eigenvalue weighted by Gasteiger charge is -2.34. The number of carbonyl (C=O) groups excluding carboxylic acids is 4. The van der Waals surface area contributed by atoms with E-state index in [1.165, 1.54) is 0 Å². The molecule has 2 aliphatic heterocycles. The van der Waals surface area contributed by atoms with Crippen LogP contribution in [0.2, 0.25) is 0 Å². The predicted octanol–water partition coefficient (Wildman–Crippen LogP) is 1.42. The van der Waals surface area contributed by atoms with Crippen molar-refractivity contribution in [2.75, 3.05) is 32.7 Å². The molecule has 34 heavy (non-hydrogen) atoms. The summed E-state index contributed by atoms with van der Waals surface area (Å²) >= 11 is 0. The Balaban J connectivity index is 1.26. The van der Waals surface area contributed by atoms with Gasteiger partial charge in [0.15, 0.2) is 0 Å². The highest BCUT2D eigenvalue weighted by molar-refractivity contribution is 6.07. The van der Waals surface area contributed by atoms with E-state index < -0.39 is 23.4 Å². The van der Waals surface area contributed by atoms with E-state index in [0.29, 0.717) is 44.6 Å². The molecule has 2 aliphatic rings. The molecule has 0 saturated carbocycles. The highest BCUT2D eigenvalue weighted by atomic mass is 16.2. The van der Waals surface area contributed by atoms with Crippen molar-refractivity contribution in [1.29, 1.82) is 0 Å². The fourth-order valence-electron chi connectivity index (χ4n) is 4.23. The van der Waals surface area contributed by atoms with E-state index in [-0.39, 0.29) is 12.5 Å². The number of aryl methyl sites for hydroxylation is 1. The van der Waals surface area contributed by atoms with Gasteiger partial charge in [-0.1, -0.05) is 48.5 Å². The minimum Gasteiger partial charge on any atom is -0.336 e. The monoisotopic (exact) mass is 463 g/mol. The van der Waals surface area contributed by atoms with Gasteiger partial charge in [-0.05, 0) is 37.5 Å². The first-order chi connectivity index (χ1) is 16.4. The van der Waals surface area contributed by atoms with Crippen LogP contribution in [-0.4, -0.2) is 76.8 Å². The van der Waals surface area contributed by atoms with Crippen LogP contribution < -0.4 is 10.7 Å². The smallest absolute Gasteiger partial charge is 0.336 e. The molecular formula is C25H29N5O4. The molecule has 9 nitrogen and oxygen atoms in total. The summed E-state index contributed by atoms with van der Waals surface area (Å²) in [6.45, 7) is 3.77. The van der Waals surface area contributed by atoms with Gasteiger partial charge in [-0.15, -0.1) is 0 Å². The summed E-state index contributed by atoms with van der Waals surface area (Å²) in [6, 6.07) is 18.2. The van der Waals surface area contributed by atoms with E-state index in [1.54, 1.807) is 24.0 Å². The summed E-state index contributed by atoms with van der Waals surface area (Å²) in [4.78, 5) is 54.1. The molecule has 0 radical (unpaired) electrons. The molecule has 0 unspecified atom stereocenters. The number of benzene rings is 2. The van der Waals surface area contributed by atoms with E-state index in [9.17, 15) is 19.2 Å². The number of nitrogens with zero attached hydrogens (tertiary/aromatic N) is 3. The number of urea groups is 1. The summed E-state index contributed by atoms with van der Waals surface area (Å²) in [5.74, 6) is -0.947. The van der Waals surface area contributed by atoms with Gasteiger partial charge in [0, 0.05) is 31.7 Å². The SMILES string of the molecule is C[C@]1(CCc2ccccc2)NC(=O)N(NC(=O)CN2CCN(C(=O)c3ccccc3)CC2)C1=O. The fraction of sp³-hybridized carbons (Fsp3) is 0.360. The van der Waals surface area contributed by atoms with Crippen molar-refractivity contribution < 1.29 is 19.2 Å². The maximum atomic E-state index is 12.9. The van der Waals surface area contributed by atoms with Crippen molar-refractivity contribution in [2.24, 2.45) is 0 Å². The van der Waals surface area contributed by atoms with Gasteiger partial charge in [-0.3, -0.25) is 24.7 Å². The van der Waals surface area contributed by atoms with Gasteiger partial charge in [0.1, 0.15) is 5.54 Å². The summed E-state index contributed by atoms with van der Waals surface area (Å²) < 4.78 is 0. The lowest BCUT2D eigenvalue weighted by atomic mass is 9.93. The minimum absolute atomic E-state index is 0.0289. The quantitative estimate of drug-likeness (QED) is 0.605. The highest BCUT2D eigenvalue weighted by Gasteiger charge is 2.48. The third kappa shape index (κ3) is 5.26. The number of hydrogen-bond acceptors (Lipinski definition) is 5. The van der Waals surface area contributed by atoms with Gasteiger partial charge >= 0.3 is 6.03 Å². The van der Waals surface area contributed by atoms with Crippen molar-refractivity contribution >= 4 is 23.8 Å². The Bertz CT molecular complexity index is 1050. The second kappa shape index (κ2) is 10.0. The largest absolute Gasteiger partial charge is 0.344 e. The number of amides is 5. The van der Waals surface area contributed by atoms with E-state index in [0.717, 1.165) is 10.6 Å². The Morgan fingerprint density at radius 2 is 1.56 bits per heavy atom. The van der Waals surface area contributed by atoms with Gasteiger partial charge in [0.2, 0.25) is 0 Å². The molecule has 4 rings (SSSR count). The van der Waals surface area contributed by atoms with E-state index in [4.69, 9.17) is 0 Å². The van der Waals surface area contributed by atoms with Crippen molar-refractivity contribution in [3.8, 4) is 0 Å². The van der Waals surface area contributed by atoms with Gasteiger partial charge in [-0.25, -0.2) is 4.79 Å². The molecule has 0 bridgehead atoms. The van der Waals surface area contributed by atoms with Gasteiger partial charge in [0.05, 0.1) is 6.54 Å². The molecule has 178 valence electrons. The van der Waals surface area contributed by atoms with Gasteiger partial charge in [0.25, 0.3) is 17.7 Å². The molecule has 2 heterocycles. The molecule has 2 aromatic carbocycles. The topological polar surface area (TPSA) is 102 Å². The Labute approximate surface area is 198 Å². The van der Waals surface area contributed by atoms with Gasteiger partial charge < -0.3 is 10.2 Å². The first kappa shape index (κ1) is 23.4. The second-order valence-electron chi connectivity index (χ2n) is 8.86. The van der Waals surface area contributed by atoms with E-state index in [2.05, 4.69) is 10.7 Å². The maximum Gasteiger partial charge on any atom is 0.344 e. The number of piperazine rings is 1. The van der Waals surface area contributed by atoms with Crippen LogP contribution in [-0.2, 0) is 16.0 Å². The lowest BCUT2D eigenvalue weighted by Crippen LogP contribution is -2.54. The molecule has 2 saturated heterocycles. The van der Waals surface area contributed by atoms with Crippen molar-refractivity contribution in [1.82, 2.24) is 25.6 Å². The summed E-state index contributed by atoms with van der Waals surface area (Å²) in [5.41, 5.74) is 3.08. The van der Waals surface area contributed by atoms with Crippen LogP contribution in [0.5, 0.6) is 0 Å². The molecule has 2 N–H and O–H groups in total. The fourth-order valence-corrected chi connectivity index (χ4v) is 4.23. The lowest BCUT2D eigenvalue weighted by molar-refractivity contribution is -0.139. The first-order valence-electron chi connectivity index (χ1n) is 11.4. The molecule has 2 aromatic rings. The zero-order valence-corrected chi connectivity index (χ0v) is 19.2. The maximum absolute atomic E-state index is 12.9. The molecule has 0 aromatic heterocycles. The van der Waals surface area contributed by atoms with Crippen LogP contribution in [0.4, 0.5) is 4.79 Å². The number of hydrogen-bond donors (Lipinski definition) is 2. The molecule has 1 atom stereocenters. The van der Waals surface area contributed by atoms with E-state index >= 15 is 0 Å². The number of carbonyl (C=O) groups is 4. The highest BCUT2D eigenvalue weighted by Crippen LogP contribution is 2.22. The molecule has 0 spiro atoms. The molecule has 2 fully saturated rings. The summed E-state index contributed by atoms with van der Waals surface area (Å²) in [5, 5.41) is 3.49. The average Bonchev–Trinajstić information content (AvgIpc) is 3.07. The van der Waals surface area contributed by atoms with Crippen LogP contribution in [0, 0.1) is 0 Å². The van der Waals surface area contributed by atoms with Gasteiger partial charge in [-0.2, -0.15) is 5.01 Å². The van der Waals surface area contributed by atoms with Crippen LogP contribution in [0.25, 0.3) is 0 Å². The number of rotatable bonds is 7. The third-order valence-electron chi connectivity index (χ3n) is 6.30. The molecular weight excluding hydrogens is 434 g/mol. The van der Waals surface area contributed by atoms with Crippen LogP contribution >= 0.6 is 0 Å². The second-order valence-corrected chi connectivity index (χ2v) is 8.86. The molecule has 9 heteroatoms. The molecule has 0 aliphatic carbocycles. The normalized spacial score (nSPS) is 20.9. The number of imide groups is 1. The zero-order valence-electron chi connectivity index (χ0n) is 19.2. The summed E-state index contributed by atoms with van der Waals surface area (Å²) in [7, 11) is 0. The van der Waals surface area contributed by atoms with Crippen molar-refractivity contribution in [3.05, 3.63) is 71.8 Å². The van der Waals surface area contributed by atoms with Crippen molar-refractivity contribution in [2.45, 2.75) is 25.3 Å². The van der Waals surface area contributed by atoms with Crippen molar-refractivity contribution in [3.63, 3.8) is 0 Å². The standard InChI is InChI=1S/C25H29N5O4/c1-25(13-12-19-8-4-2-5-9-19)23(33)30(24(34)26-25)27-21(31)18-28-14-16-29(17-15-28)22(32)20-10-6-3-7-11-20/h2-11H,12-18H2,1H3,(H,26,34)(H,27,31)/t25-/m1/s1. The molecule has 5 amide bonds. The zero-order chi connectivity index (χ0) is 24.1.